The maximum absolute atomic E-state index is 9.77. The molecule has 3 rings (SSSR count). The molecular formula is C19H22O4. The molecule has 4 heteroatoms. The Hall–Kier alpha value is -2.20. The van der Waals surface area contributed by atoms with E-state index in [9.17, 15) is 10.2 Å². The van der Waals surface area contributed by atoms with Gasteiger partial charge < -0.3 is 19.7 Å². The molecule has 0 bridgehead atoms. The highest BCUT2D eigenvalue weighted by molar-refractivity contribution is 5.41. The molecule has 0 spiro atoms. The normalized spacial score (nSPS) is 24.2. The van der Waals surface area contributed by atoms with Gasteiger partial charge >= 0.3 is 0 Å². The molecule has 0 aromatic heterocycles. The third-order valence-corrected chi connectivity index (χ3v) is 4.51. The van der Waals surface area contributed by atoms with E-state index in [1.165, 1.54) is 0 Å². The highest BCUT2D eigenvalue weighted by atomic mass is 16.5. The van der Waals surface area contributed by atoms with Crippen LogP contribution < -0.4 is 4.74 Å². The van der Waals surface area contributed by atoms with Crippen LogP contribution in [-0.4, -0.2) is 23.4 Å². The molecule has 2 aromatic rings. The fourth-order valence-corrected chi connectivity index (χ4v) is 3.17. The smallest absolute Gasteiger partial charge is 0.127 e. The largest absolute Gasteiger partial charge is 0.508 e. The Labute approximate surface area is 136 Å². The van der Waals surface area contributed by atoms with Gasteiger partial charge in [0, 0.05) is 19.6 Å². The van der Waals surface area contributed by atoms with Crippen molar-refractivity contribution in [2.24, 2.45) is 5.92 Å². The first-order valence-electron chi connectivity index (χ1n) is 7.87. The minimum Gasteiger partial charge on any atom is -0.508 e. The van der Waals surface area contributed by atoms with E-state index >= 15 is 0 Å². The Bertz CT molecular complexity index is 666. The third kappa shape index (κ3) is 3.42. The van der Waals surface area contributed by atoms with E-state index in [0.717, 1.165) is 24.0 Å². The number of phenols is 2. The van der Waals surface area contributed by atoms with Crippen LogP contribution in [0.5, 0.6) is 17.2 Å². The molecular weight excluding hydrogens is 292 g/mol. The number of methoxy groups -OCH3 is 1. The Kier molecular flexibility index (Phi) is 4.44. The van der Waals surface area contributed by atoms with Crippen molar-refractivity contribution in [2.45, 2.75) is 32.0 Å². The van der Waals surface area contributed by atoms with Gasteiger partial charge in [-0.2, -0.15) is 0 Å². The predicted octanol–water partition coefficient (Wildman–Crippen LogP) is 3.82. The number of fused-ring (bicyclic) bond motifs is 1. The van der Waals surface area contributed by atoms with E-state index < -0.39 is 0 Å². The first-order chi connectivity index (χ1) is 11.1. The summed E-state index contributed by atoms with van der Waals surface area (Å²) in [5.74, 6) is 1.48. The molecule has 0 amide bonds. The number of rotatable bonds is 2. The molecule has 3 atom stereocenters. The Balaban J connectivity index is 1.99. The second-order valence-electron chi connectivity index (χ2n) is 6.18. The van der Waals surface area contributed by atoms with Gasteiger partial charge in [-0.05, 0) is 41.7 Å². The molecule has 3 unspecified atom stereocenters. The topological polar surface area (TPSA) is 58.9 Å². The lowest BCUT2D eigenvalue weighted by Gasteiger charge is -2.32. The van der Waals surface area contributed by atoms with E-state index in [2.05, 4.69) is 6.92 Å². The minimum absolute atomic E-state index is 0.0794. The first kappa shape index (κ1) is 15.7. The number of benzene rings is 2. The van der Waals surface area contributed by atoms with E-state index in [-0.39, 0.29) is 23.7 Å². The molecule has 2 N–H and O–H groups in total. The van der Waals surface area contributed by atoms with E-state index in [1.807, 2.05) is 18.2 Å². The summed E-state index contributed by atoms with van der Waals surface area (Å²) in [4.78, 5) is 0. The monoisotopic (exact) mass is 314 g/mol. The Morgan fingerprint density at radius 1 is 1.04 bits per heavy atom. The highest BCUT2D eigenvalue weighted by Crippen LogP contribution is 2.37. The molecule has 0 saturated heterocycles. The van der Waals surface area contributed by atoms with Crippen molar-refractivity contribution >= 4 is 0 Å². The molecule has 1 aliphatic heterocycles. The third-order valence-electron chi connectivity index (χ3n) is 4.51. The van der Waals surface area contributed by atoms with Crippen LogP contribution in [0.25, 0.3) is 0 Å². The van der Waals surface area contributed by atoms with E-state index in [0.29, 0.717) is 11.7 Å². The lowest BCUT2D eigenvalue weighted by atomic mass is 9.88. The lowest BCUT2D eigenvalue weighted by molar-refractivity contribution is 0.0133. The van der Waals surface area contributed by atoms with Crippen molar-refractivity contribution in [2.75, 3.05) is 7.11 Å². The number of hydrogen-bond acceptors (Lipinski definition) is 4. The molecule has 4 nitrogen and oxygen atoms in total. The summed E-state index contributed by atoms with van der Waals surface area (Å²) in [7, 11) is 1.73. The molecule has 2 aromatic carbocycles. The van der Waals surface area contributed by atoms with Gasteiger partial charge in [-0.25, -0.2) is 0 Å². The zero-order chi connectivity index (χ0) is 16.4. The number of phenolic OH excluding ortho intramolecular Hbond substituents is 2. The van der Waals surface area contributed by atoms with E-state index in [1.54, 1.807) is 31.4 Å². The maximum atomic E-state index is 9.77. The molecule has 122 valence electrons. The van der Waals surface area contributed by atoms with Crippen molar-refractivity contribution in [1.29, 1.82) is 0 Å². The average molecular weight is 314 g/mol. The summed E-state index contributed by atoms with van der Waals surface area (Å²) >= 11 is 0. The molecule has 0 fully saturated rings. The van der Waals surface area contributed by atoms with Gasteiger partial charge in [0.25, 0.3) is 0 Å². The molecule has 1 heterocycles. The second kappa shape index (κ2) is 6.50. The number of aromatic hydroxyl groups is 2. The maximum Gasteiger partial charge on any atom is 0.127 e. The van der Waals surface area contributed by atoms with Crippen LogP contribution >= 0.6 is 0 Å². The fourth-order valence-electron chi connectivity index (χ4n) is 3.17. The van der Waals surface area contributed by atoms with Crippen LogP contribution in [0.1, 0.15) is 30.6 Å². The van der Waals surface area contributed by atoms with Crippen LogP contribution in [0.4, 0.5) is 0 Å². The van der Waals surface area contributed by atoms with Crippen LogP contribution in [0.2, 0.25) is 0 Å². The predicted molar refractivity (Wildman–Crippen MR) is 87.9 cm³/mol. The highest BCUT2D eigenvalue weighted by Gasteiger charge is 2.28. The summed E-state index contributed by atoms with van der Waals surface area (Å²) < 4.78 is 11.9. The zero-order valence-corrected chi connectivity index (χ0v) is 13.4. The summed E-state index contributed by atoms with van der Waals surface area (Å²) in [6.07, 6.45) is 1.45. The fraction of sp³-hybridized carbons (Fsp3) is 0.368. The molecule has 0 aliphatic carbocycles. The van der Waals surface area contributed by atoms with Gasteiger partial charge in [-0.1, -0.05) is 25.1 Å². The van der Waals surface area contributed by atoms with Gasteiger partial charge in [0.15, 0.2) is 0 Å². The Morgan fingerprint density at radius 3 is 2.43 bits per heavy atom. The number of hydrogen-bond donors (Lipinski definition) is 2. The lowest BCUT2D eigenvalue weighted by Crippen LogP contribution is -2.29. The van der Waals surface area contributed by atoms with Crippen LogP contribution in [0.15, 0.2) is 42.5 Å². The van der Waals surface area contributed by atoms with Crippen molar-refractivity contribution in [1.82, 2.24) is 0 Å². The van der Waals surface area contributed by atoms with Gasteiger partial charge in [0.2, 0.25) is 0 Å². The quantitative estimate of drug-likeness (QED) is 0.885. The standard InChI is InChI=1S/C19H22O4/c1-12-9-14-5-8-16(21)10-18(14)23-19(11-17(12)22-2)13-3-6-15(20)7-4-13/h3-8,10,12,17,19-21H,9,11H2,1-2H3. The summed E-state index contributed by atoms with van der Waals surface area (Å²) in [5.41, 5.74) is 2.05. The zero-order valence-electron chi connectivity index (χ0n) is 13.4. The van der Waals surface area contributed by atoms with Gasteiger partial charge in [0.05, 0.1) is 6.10 Å². The first-order valence-corrected chi connectivity index (χ1v) is 7.87. The van der Waals surface area contributed by atoms with Gasteiger partial charge in [0.1, 0.15) is 23.4 Å². The summed E-state index contributed by atoms with van der Waals surface area (Å²) in [6.45, 7) is 2.17. The average Bonchev–Trinajstić information content (AvgIpc) is 2.53. The minimum atomic E-state index is -0.191. The SMILES string of the molecule is COC1CC(c2ccc(O)cc2)Oc2cc(O)ccc2CC1C. The summed E-state index contributed by atoms with van der Waals surface area (Å²) in [6, 6.07) is 12.3. The van der Waals surface area contributed by atoms with Crippen LogP contribution in [0, 0.1) is 5.92 Å². The molecule has 23 heavy (non-hydrogen) atoms. The van der Waals surface area contributed by atoms with Crippen LogP contribution in [0.3, 0.4) is 0 Å². The van der Waals surface area contributed by atoms with Gasteiger partial charge in [-0.15, -0.1) is 0 Å². The number of ether oxygens (including phenoxy) is 2. The van der Waals surface area contributed by atoms with Gasteiger partial charge in [-0.3, -0.25) is 0 Å². The van der Waals surface area contributed by atoms with Crippen molar-refractivity contribution in [3.05, 3.63) is 53.6 Å². The van der Waals surface area contributed by atoms with E-state index in [4.69, 9.17) is 9.47 Å². The molecule has 0 radical (unpaired) electrons. The van der Waals surface area contributed by atoms with Crippen LogP contribution in [-0.2, 0) is 11.2 Å². The van der Waals surface area contributed by atoms with Crippen molar-refractivity contribution in [3.63, 3.8) is 0 Å². The second-order valence-corrected chi connectivity index (χ2v) is 6.18. The van der Waals surface area contributed by atoms with Crippen molar-refractivity contribution < 1.29 is 19.7 Å². The molecule has 1 aliphatic rings. The summed E-state index contributed by atoms with van der Waals surface area (Å²) in [5, 5.41) is 19.3. The molecule has 0 saturated carbocycles. The Morgan fingerprint density at radius 2 is 1.74 bits per heavy atom. The van der Waals surface area contributed by atoms with Crippen molar-refractivity contribution in [3.8, 4) is 17.2 Å².